The molecule has 0 saturated carbocycles. The molecule has 288 valence electrons. The van der Waals surface area contributed by atoms with Gasteiger partial charge in [-0.05, 0) is 68.6 Å². The van der Waals surface area contributed by atoms with Crippen molar-refractivity contribution in [3.63, 3.8) is 0 Å². The van der Waals surface area contributed by atoms with Gasteiger partial charge in [-0.3, -0.25) is 29.4 Å². The predicted octanol–water partition coefficient (Wildman–Crippen LogP) is 1.88. The molecule has 0 radical (unpaired) electrons. The van der Waals surface area contributed by atoms with Gasteiger partial charge in [-0.15, -0.1) is 0 Å². The number of ether oxygens (including phenoxy) is 4. The fraction of sp³-hybridized carbons (Fsp3) is 0.694. The van der Waals surface area contributed by atoms with Crippen molar-refractivity contribution in [1.82, 2.24) is 16.1 Å². The minimum atomic E-state index is -0.983. The number of hydrogen-bond donors (Lipinski definition) is 6. The average Bonchev–Trinajstić information content (AvgIpc) is 3.10. The molecule has 1 aromatic rings. The number of aliphatic imine (C=N–C) groups is 1. The van der Waals surface area contributed by atoms with Crippen LogP contribution in [-0.4, -0.2) is 100 Å². The lowest BCUT2D eigenvalue weighted by molar-refractivity contribution is -0.142. The third kappa shape index (κ3) is 17.8. The van der Waals surface area contributed by atoms with Gasteiger partial charge in [0.15, 0.2) is 11.7 Å². The second-order valence-corrected chi connectivity index (χ2v) is 13.2. The highest BCUT2D eigenvalue weighted by molar-refractivity contribution is 5.94. The first-order valence-corrected chi connectivity index (χ1v) is 18.1. The number of guanidine groups is 1. The van der Waals surface area contributed by atoms with E-state index < -0.39 is 35.6 Å². The Morgan fingerprint density at radius 2 is 1.71 bits per heavy atom. The largest absolute Gasteiger partial charge is 0.494 e. The molecule has 0 saturated heterocycles. The number of carbonyl (C=O) groups excluding carboxylic acids is 4. The minimum absolute atomic E-state index is 0.0470. The van der Waals surface area contributed by atoms with Crippen LogP contribution in [0.5, 0.6) is 5.75 Å². The summed E-state index contributed by atoms with van der Waals surface area (Å²) in [5.41, 5.74) is 13.5. The van der Waals surface area contributed by atoms with Crippen molar-refractivity contribution in [3.05, 3.63) is 29.8 Å². The van der Waals surface area contributed by atoms with Crippen LogP contribution in [0.25, 0.3) is 0 Å². The van der Waals surface area contributed by atoms with Crippen molar-refractivity contribution in [1.29, 1.82) is 0 Å². The molecule has 4 atom stereocenters. The van der Waals surface area contributed by atoms with Crippen LogP contribution in [0.15, 0.2) is 29.3 Å². The van der Waals surface area contributed by atoms with Crippen LogP contribution in [0.1, 0.15) is 71.3 Å². The van der Waals surface area contributed by atoms with Gasteiger partial charge in [-0.2, -0.15) is 0 Å². The van der Waals surface area contributed by atoms with Crippen LogP contribution >= 0.6 is 0 Å². The van der Waals surface area contributed by atoms with Crippen LogP contribution in [0.4, 0.5) is 0 Å². The maximum atomic E-state index is 14.1. The first-order valence-electron chi connectivity index (χ1n) is 18.1. The molecule has 0 spiro atoms. The number of nitrogens with one attached hydrogen (secondary N) is 3. The molecule has 3 rings (SSSR count). The fourth-order valence-corrected chi connectivity index (χ4v) is 5.87. The van der Waals surface area contributed by atoms with Crippen LogP contribution in [0, 0.1) is 23.7 Å². The van der Waals surface area contributed by atoms with Crippen LogP contribution in [0.2, 0.25) is 0 Å². The van der Waals surface area contributed by atoms with E-state index in [9.17, 15) is 24.4 Å². The van der Waals surface area contributed by atoms with Gasteiger partial charge in [-0.25, -0.2) is 5.48 Å². The van der Waals surface area contributed by atoms with E-state index in [2.05, 4.69) is 15.6 Å². The molecular formula is C36H60N6O9. The second kappa shape index (κ2) is 25.2. The zero-order valence-electron chi connectivity index (χ0n) is 30.5. The Bertz CT molecular complexity index is 1210. The Balaban J connectivity index is 2.18. The van der Waals surface area contributed by atoms with E-state index in [1.165, 1.54) is 0 Å². The number of Topliss-reactive ketones (excluding diaryl/α,β-unsaturated/α-hetero) is 1. The highest BCUT2D eigenvalue weighted by Crippen LogP contribution is 2.27. The summed E-state index contributed by atoms with van der Waals surface area (Å²) in [5.74, 6) is -3.55. The van der Waals surface area contributed by atoms with Gasteiger partial charge < -0.3 is 41.0 Å². The summed E-state index contributed by atoms with van der Waals surface area (Å²) in [6, 6.07) is 6.28. The summed E-state index contributed by atoms with van der Waals surface area (Å²) < 4.78 is 22.3. The molecule has 8 N–H and O–H groups in total. The van der Waals surface area contributed by atoms with E-state index in [0.29, 0.717) is 71.1 Å². The van der Waals surface area contributed by atoms with Gasteiger partial charge in [0.25, 0.3) is 0 Å². The molecule has 2 heterocycles. The van der Waals surface area contributed by atoms with Crippen molar-refractivity contribution < 1.29 is 43.3 Å². The highest BCUT2D eigenvalue weighted by Gasteiger charge is 2.36. The molecule has 15 heteroatoms. The number of hydroxylamine groups is 1. The molecule has 2 bridgehead atoms. The lowest BCUT2D eigenvalue weighted by atomic mass is 9.81. The van der Waals surface area contributed by atoms with Crippen LogP contribution in [0.3, 0.4) is 0 Å². The lowest BCUT2D eigenvalue weighted by Crippen LogP contribution is -2.49. The first-order chi connectivity index (χ1) is 24.5. The third-order valence-electron chi connectivity index (χ3n) is 8.45. The number of fused-ring (bicyclic) bond motifs is 11. The smallest absolute Gasteiger partial charge is 0.247 e. The fourth-order valence-electron chi connectivity index (χ4n) is 5.87. The van der Waals surface area contributed by atoms with Gasteiger partial charge in [0.05, 0.1) is 51.6 Å². The molecule has 15 nitrogen and oxygen atoms in total. The number of nitrogens with zero attached hydrogens (tertiary/aromatic N) is 1. The molecule has 0 unspecified atom stereocenters. The summed E-state index contributed by atoms with van der Waals surface area (Å²) in [5, 5.41) is 15.3. The molecule has 2 aliphatic rings. The standard InChI is InChI=1S/C36H60N6O9/c1-4-15-48-18-20-50-21-19-49-17-14-39-33(44)27(7-5-13-40-36(37)38)24-32(43)31-23-26-9-11-28(12-10-26)51-16-6-8-29(35(46)42-47)30(22-25(2)3)34(45)41-31/h9-12,25,27,29-31,47H,4-8,13-24H2,1-3H3,(H,39,44)(H,41,45)(H,42,46)(H4,37,38,40)/t27-,29+,30-,31+/m1/s1. The summed E-state index contributed by atoms with van der Waals surface area (Å²) in [4.78, 5) is 58.2. The number of hydrogen-bond acceptors (Lipinski definition) is 10. The summed E-state index contributed by atoms with van der Waals surface area (Å²) >= 11 is 0. The Hall–Kier alpha value is -3.79. The minimum Gasteiger partial charge on any atom is -0.494 e. The summed E-state index contributed by atoms with van der Waals surface area (Å²) in [7, 11) is 0. The molecule has 1 aromatic carbocycles. The molecule has 0 aliphatic carbocycles. The Labute approximate surface area is 301 Å². The average molecular weight is 721 g/mol. The van der Waals surface area contributed by atoms with Gasteiger partial charge >= 0.3 is 0 Å². The second-order valence-electron chi connectivity index (χ2n) is 13.2. The zero-order chi connectivity index (χ0) is 37.4. The van der Waals surface area contributed by atoms with E-state index >= 15 is 0 Å². The van der Waals surface area contributed by atoms with Crippen molar-refractivity contribution in [2.75, 3.05) is 59.3 Å². The Kier molecular flexibility index (Phi) is 21.4. The van der Waals surface area contributed by atoms with Crippen molar-refractivity contribution in [2.24, 2.45) is 40.1 Å². The van der Waals surface area contributed by atoms with E-state index in [1.807, 2.05) is 32.9 Å². The Morgan fingerprint density at radius 3 is 2.33 bits per heavy atom. The normalized spacial score (nSPS) is 18.6. The SMILES string of the molecule is CCCOCCOCCOCCNC(=O)[C@H](CCCN=C(N)N)CC(=O)[C@@H]1Cc2ccc(cc2)OCCC[C@H](C(=O)NO)[C@@H](CC(C)C)C(=O)N1. The lowest BCUT2D eigenvalue weighted by Gasteiger charge is -2.29. The van der Waals surface area contributed by atoms with Crippen molar-refractivity contribution in [3.8, 4) is 5.75 Å². The van der Waals surface area contributed by atoms with E-state index in [0.717, 1.165) is 12.0 Å². The zero-order valence-corrected chi connectivity index (χ0v) is 30.5. The summed E-state index contributed by atoms with van der Waals surface area (Å²) in [6.07, 6.45) is 2.86. The van der Waals surface area contributed by atoms with Gasteiger partial charge in [0, 0.05) is 38.0 Å². The van der Waals surface area contributed by atoms with Crippen LogP contribution in [-0.2, 0) is 39.8 Å². The van der Waals surface area contributed by atoms with Crippen molar-refractivity contribution >= 4 is 29.5 Å². The van der Waals surface area contributed by atoms with Crippen molar-refractivity contribution in [2.45, 2.75) is 78.2 Å². The molecule has 0 aromatic heterocycles. The Morgan fingerprint density at radius 1 is 1.04 bits per heavy atom. The number of benzene rings is 1. The first kappa shape index (κ1) is 43.4. The number of rotatable bonds is 22. The van der Waals surface area contributed by atoms with E-state index in [1.54, 1.807) is 17.6 Å². The highest BCUT2D eigenvalue weighted by atomic mass is 16.5. The molecule has 3 amide bonds. The topological polar surface area (TPSA) is 226 Å². The summed E-state index contributed by atoms with van der Waals surface area (Å²) in [6.45, 7) is 9.49. The maximum absolute atomic E-state index is 14.1. The van der Waals surface area contributed by atoms with Gasteiger partial charge in [-0.1, -0.05) is 32.9 Å². The third-order valence-corrected chi connectivity index (χ3v) is 8.45. The van der Waals surface area contributed by atoms with Gasteiger partial charge in [0.2, 0.25) is 17.7 Å². The number of nitrogens with two attached hydrogens (primary N) is 2. The molecule has 2 aliphatic heterocycles. The number of amides is 3. The number of carbonyl (C=O) groups is 4. The maximum Gasteiger partial charge on any atom is 0.247 e. The van der Waals surface area contributed by atoms with E-state index in [-0.39, 0.29) is 62.5 Å². The van der Waals surface area contributed by atoms with Gasteiger partial charge in [0.1, 0.15) is 5.75 Å². The monoisotopic (exact) mass is 720 g/mol. The van der Waals surface area contributed by atoms with Crippen LogP contribution < -0.4 is 32.3 Å². The predicted molar refractivity (Wildman–Crippen MR) is 192 cm³/mol. The quantitative estimate of drug-likeness (QED) is 0.0333. The number of ketones is 1. The molecular weight excluding hydrogens is 660 g/mol. The van der Waals surface area contributed by atoms with E-state index in [4.69, 9.17) is 30.4 Å². The molecule has 51 heavy (non-hydrogen) atoms. The molecule has 0 fully saturated rings.